The SMILES string of the molecule is O=C(CN1C(=O)CSC1c1ccc(Cl)c(Cl)c1)Nc1cccc(F)c1. The summed E-state index contributed by atoms with van der Waals surface area (Å²) >= 11 is 13.4. The molecule has 1 heterocycles. The number of amides is 2. The first kappa shape index (κ1) is 18.0. The van der Waals surface area contributed by atoms with Gasteiger partial charge in [0.15, 0.2) is 0 Å². The predicted octanol–water partition coefficient (Wildman–Crippen LogP) is 4.35. The summed E-state index contributed by atoms with van der Waals surface area (Å²) in [5, 5.41) is 3.09. The molecule has 8 heteroatoms. The summed E-state index contributed by atoms with van der Waals surface area (Å²) in [6, 6.07) is 10.7. The lowest BCUT2D eigenvalue weighted by Gasteiger charge is -2.24. The molecule has 1 saturated heterocycles. The van der Waals surface area contributed by atoms with Crippen molar-refractivity contribution in [2.24, 2.45) is 0 Å². The minimum Gasteiger partial charge on any atom is -0.324 e. The van der Waals surface area contributed by atoms with Crippen molar-refractivity contribution in [3.8, 4) is 0 Å². The van der Waals surface area contributed by atoms with Gasteiger partial charge in [-0.1, -0.05) is 35.3 Å². The molecule has 2 aromatic rings. The number of hydrogen-bond acceptors (Lipinski definition) is 3. The van der Waals surface area contributed by atoms with Crippen LogP contribution in [-0.4, -0.2) is 29.0 Å². The van der Waals surface area contributed by atoms with E-state index >= 15 is 0 Å². The summed E-state index contributed by atoms with van der Waals surface area (Å²) in [6.07, 6.45) is 0. The van der Waals surface area contributed by atoms with E-state index in [0.717, 1.165) is 5.56 Å². The summed E-state index contributed by atoms with van der Waals surface area (Å²) in [4.78, 5) is 25.9. The van der Waals surface area contributed by atoms with Crippen LogP contribution in [0.4, 0.5) is 10.1 Å². The molecule has 1 atom stereocenters. The van der Waals surface area contributed by atoms with E-state index in [1.54, 1.807) is 24.3 Å². The van der Waals surface area contributed by atoms with E-state index in [2.05, 4.69) is 5.32 Å². The number of benzene rings is 2. The highest BCUT2D eigenvalue weighted by Gasteiger charge is 2.34. The molecule has 1 fully saturated rings. The molecule has 2 aromatic carbocycles. The van der Waals surface area contributed by atoms with Crippen LogP contribution in [0.3, 0.4) is 0 Å². The van der Waals surface area contributed by atoms with Gasteiger partial charge in [0.05, 0.1) is 15.8 Å². The van der Waals surface area contributed by atoms with Crippen LogP contribution in [0.5, 0.6) is 0 Å². The third-order valence-corrected chi connectivity index (χ3v) is 5.61. The zero-order valence-corrected chi connectivity index (χ0v) is 15.2. The first-order chi connectivity index (χ1) is 11.9. The Balaban J connectivity index is 1.73. The van der Waals surface area contributed by atoms with E-state index in [1.165, 1.54) is 34.9 Å². The maximum atomic E-state index is 13.2. The first-order valence-corrected chi connectivity index (χ1v) is 9.16. The van der Waals surface area contributed by atoms with Gasteiger partial charge in [0.1, 0.15) is 17.7 Å². The number of nitrogens with zero attached hydrogens (tertiary/aromatic N) is 1. The van der Waals surface area contributed by atoms with Crippen molar-refractivity contribution in [2.45, 2.75) is 5.37 Å². The Bertz CT molecular complexity index is 834. The Labute approximate surface area is 158 Å². The second-order valence-electron chi connectivity index (χ2n) is 5.42. The fourth-order valence-electron chi connectivity index (χ4n) is 2.49. The number of halogens is 3. The van der Waals surface area contributed by atoms with Gasteiger partial charge >= 0.3 is 0 Å². The van der Waals surface area contributed by atoms with Crippen molar-refractivity contribution >= 4 is 52.5 Å². The quantitative estimate of drug-likeness (QED) is 0.832. The van der Waals surface area contributed by atoms with Crippen molar-refractivity contribution in [1.82, 2.24) is 4.90 Å². The molecule has 0 aliphatic carbocycles. The highest BCUT2D eigenvalue weighted by molar-refractivity contribution is 8.00. The lowest BCUT2D eigenvalue weighted by molar-refractivity contribution is -0.132. The Hall–Kier alpha value is -1.76. The minimum absolute atomic E-state index is 0.132. The molecule has 130 valence electrons. The second-order valence-corrected chi connectivity index (χ2v) is 7.30. The van der Waals surface area contributed by atoms with Crippen molar-refractivity contribution in [1.29, 1.82) is 0 Å². The molecule has 1 aliphatic rings. The molecule has 0 radical (unpaired) electrons. The highest BCUT2D eigenvalue weighted by atomic mass is 35.5. The van der Waals surface area contributed by atoms with Gasteiger partial charge in [-0.15, -0.1) is 11.8 Å². The zero-order valence-electron chi connectivity index (χ0n) is 12.8. The molecule has 1 N–H and O–H groups in total. The fourth-order valence-corrected chi connectivity index (χ4v) is 3.97. The van der Waals surface area contributed by atoms with Gasteiger partial charge in [-0.25, -0.2) is 4.39 Å². The lowest BCUT2D eigenvalue weighted by atomic mass is 10.2. The molecule has 0 bridgehead atoms. The van der Waals surface area contributed by atoms with Crippen LogP contribution in [0.15, 0.2) is 42.5 Å². The number of nitrogens with one attached hydrogen (secondary N) is 1. The molecule has 1 aliphatic heterocycles. The molecule has 2 amide bonds. The zero-order chi connectivity index (χ0) is 18.0. The second kappa shape index (κ2) is 7.64. The van der Waals surface area contributed by atoms with E-state index in [1.807, 2.05) is 0 Å². The van der Waals surface area contributed by atoms with E-state index in [4.69, 9.17) is 23.2 Å². The normalized spacial score (nSPS) is 17.0. The standard InChI is InChI=1S/C17H13Cl2FN2O2S/c18-13-5-4-10(6-14(13)19)17-22(16(24)9-25-17)8-15(23)21-12-3-1-2-11(20)7-12/h1-7,17H,8-9H2,(H,21,23). The third-order valence-electron chi connectivity index (χ3n) is 3.62. The van der Waals surface area contributed by atoms with Gasteiger partial charge in [0, 0.05) is 5.69 Å². The van der Waals surface area contributed by atoms with Gasteiger partial charge in [0.2, 0.25) is 11.8 Å². The van der Waals surface area contributed by atoms with E-state index in [0.29, 0.717) is 15.7 Å². The minimum atomic E-state index is -0.445. The molecule has 0 spiro atoms. The largest absolute Gasteiger partial charge is 0.324 e. The van der Waals surface area contributed by atoms with E-state index in [9.17, 15) is 14.0 Å². The van der Waals surface area contributed by atoms with Gasteiger partial charge in [-0.3, -0.25) is 9.59 Å². The van der Waals surface area contributed by atoms with Crippen molar-refractivity contribution in [3.05, 3.63) is 63.9 Å². The number of carbonyl (C=O) groups excluding carboxylic acids is 2. The third kappa shape index (κ3) is 4.26. The summed E-state index contributed by atoms with van der Waals surface area (Å²) in [5.41, 5.74) is 1.14. The fraction of sp³-hybridized carbons (Fsp3) is 0.176. The van der Waals surface area contributed by atoms with Gasteiger partial charge in [-0.05, 0) is 35.9 Å². The molecule has 0 saturated carbocycles. The Morgan fingerprint density at radius 2 is 2.04 bits per heavy atom. The number of carbonyl (C=O) groups is 2. The molecule has 4 nitrogen and oxygen atoms in total. The van der Waals surface area contributed by atoms with Crippen LogP contribution in [0.25, 0.3) is 0 Å². The highest BCUT2D eigenvalue weighted by Crippen LogP contribution is 2.40. The summed E-state index contributed by atoms with van der Waals surface area (Å²) in [7, 11) is 0. The number of thioether (sulfide) groups is 1. The molecule has 25 heavy (non-hydrogen) atoms. The molecule has 3 rings (SSSR count). The molecular weight excluding hydrogens is 386 g/mol. The Kier molecular flexibility index (Phi) is 5.51. The molecular formula is C17H13Cl2FN2O2S. The number of rotatable bonds is 4. The average Bonchev–Trinajstić information content (AvgIpc) is 2.91. The summed E-state index contributed by atoms with van der Waals surface area (Å²) in [5.74, 6) is -0.709. The molecule has 0 aromatic heterocycles. The van der Waals surface area contributed by atoms with Gasteiger partial charge < -0.3 is 10.2 Å². The average molecular weight is 399 g/mol. The smallest absolute Gasteiger partial charge is 0.244 e. The lowest BCUT2D eigenvalue weighted by Crippen LogP contribution is -2.36. The number of anilines is 1. The molecule has 1 unspecified atom stereocenters. The van der Waals surface area contributed by atoms with Crippen LogP contribution in [-0.2, 0) is 9.59 Å². The summed E-state index contributed by atoms with van der Waals surface area (Å²) in [6.45, 7) is -0.132. The maximum Gasteiger partial charge on any atom is 0.244 e. The summed E-state index contributed by atoms with van der Waals surface area (Å²) < 4.78 is 13.2. The van der Waals surface area contributed by atoms with Crippen molar-refractivity contribution in [2.75, 3.05) is 17.6 Å². The van der Waals surface area contributed by atoms with Gasteiger partial charge in [0.25, 0.3) is 0 Å². The maximum absolute atomic E-state index is 13.2. The van der Waals surface area contributed by atoms with E-state index < -0.39 is 11.7 Å². The number of hydrogen-bond donors (Lipinski definition) is 1. The van der Waals surface area contributed by atoms with Crippen molar-refractivity contribution in [3.63, 3.8) is 0 Å². The topological polar surface area (TPSA) is 49.4 Å². The predicted molar refractivity (Wildman–Crippen MR) is 98.4 cm³/mol. The van der Waals surface area contributed by atoms with Crippen LogP contribution in [0, 0.1) is 5.82 Å². The van der Waals surface area contributed by atoms with Crippen LogP contribution in [0.1, 0.15) is 10.9 Å². The monoisotopic (exact) mass is 398 g/mol. The van der Waals surface area contributed by atoms with Crippen LogP contribution < -0.4 is 5.32 Å². The van der Waals surface area contributed by atoms with Crippen molar-refractivity contribution < 1.29 is 14.0 Å². The van der Waals surface area contributed by atoms with Gasteiger partial charge in [-0.2, -0.15) is 0 Å². The Morgan fingerprint density at radius 1 is 1.24 bits per heavy atom. The first-order valence-electron chi connectivity index (χ1n) is 7.35. The van der Waals surface area contributed by atoms with E-state index in [-0.39, 0.29) is 23.6 Å². The van der Waals surface area contributed by atoms with Crippen LogP contribution >= 0.6 is 35.0 Å². The Morgan fingerprint density at radius 3 is 2.76 bits per heavy atom. The van der Waals surface area contributed by atoms with Crippen LogP contribution in [0.2, 0.25) is 10.0 Å².